The zero-order chi connectivity index (χ0) is 19.5. The Labute approximate surface area is 159 Å². The second kappa shape index (κ2) is 19.0. The molecule has 0 atom stereocenters. The SMILES string of the molecule is CCCC(=O)N(C)CCOCCOCCOCCOCCN(C)CCC. The molecule has 7 nitrogen and oxygen atoms in total. The number of carbonyl (C=O) groups excluding carboxylic acids is 1. The van der Waals surface area contributed by atoms with Crippen LogP contribution in [0.25, 0.3) is 0 Å². The second-order valence-electron chi connectivity index (χ2n) is 6.32. The van der Waals surface area contributed by atoms with Crippen molar-refractivity contribution >= 4 is 5.91 Å². The number of amides is 1. The Morgan fingerprint density at radius 2 is 1.12 bits per heavy atom. The molecule has 0 aliphatic heterocycles. The van der Waals surface area contributed by atoms with Crippen molar-refractivity contribution < 1.29 is 23.7 Å². The standard InChI is InChI=1S/C19H40N2O5/c1-5-7-19(22)21(4)10-12-24-14-16-26-18-17-25-15-13-23-11-9-20(3)8-6-2/h5-18H2,1-4H3. The fourth-order valence-electron chi connectivity index (χ4n) is 2.21. The fraction of sp³-hybridized carbons (Fsp3) is 0.947. The molecular formula is C19H40N2O5. The van der Waals surface area contributed by atoms with Gasteiger partial charge in [0.05, 0.1) is 52.9 Å². The Morgan fingerprint density at radius 1 is 0.654 bits per heavy atom. The lowest BCUT2D eigenvalue weighted by Gasteiger charge is -2.16. The molecule has 0 heterocycles. The molecule has 0 aromatic heterocycles. The maximum absolute atomic E-state index is 11.6. The Morgan fingerprint density at radius 3 is 1.58 bits per heavy atom. The predicted octanol–water partition coefficient (Wildman–Crippen LogP) is 1.65. The van der Waals surface area contributed by atoms with Crippen molar-refractivity contribution in [2.45, 2.75) is 33.1 Å². The smallest absolute Gasteiger partial charge is 0.222 e. The van der Waals surface area contributed by atoms with Gasteiger partial charge in [0.1, 0.15) is 0 Å². The van der Waals surface area contributed by atoms with Gasteiger partial charge < -0.3 is 28.7 Å². The van der Waals surface area contributed by atoms with Gasteiger partial charge in [-0.25, -0.2) is 0 Å². The van der Waals surface area contributed by atoms with Gasteiger partial charge in [-0.3, -0.25) is 4.79 Å². The molecule has 1 amide bonds. The van der Waals surface area contributed by atoms with Crippen LogP contribution in [0, 0.1) is 0 Å². The topological polar surface area (TPSA) is 60.5 Å². The van der Waals surface area contributed by atoms with Gasteiger partial charge in [-0.1, -0.05) is 13.8 Å². The maximum atomic E-state index is 11.6. The summed E-state index contributed by atoms with van der Waals surface area (Å²) in [4.78, 5) is 15.5. The first kappa shape index (κ1) is 25.3. The molecule has 0 unspecified atom stereocenters. The molecule has 0 spiro atoms. The summed E-state index contributed by atoms with van der Waals surface area (Å²) in [5.74, 6) is 0.168. The summed E-state index contributed by atoms with van der Waals surface area (Å²) < 4.78 is 21.9. The minimum atomic E-state index is 0.168. The zero-order valence-corrected chi connectivity index (χ0v) is 17.3. The van der Waals surface area contributed by atoms with Crippen LogP contribution in [-0.2, 0) is 23.7 Å². The molecule has 0 aromatic rings. The van der Waals surface area contributed by atoms with Gasteiger partial charge in [0, 0.05) is 26.6 Å². The molecule has 0 radical (unpaired) electrons. The molecule has 0 bridgehead atoms. The summed E-state index contributed by atoms with van der Waals surface area (Å²) in [6.07, 6.45) is 2.64. The first-order valence-corrected chi connectivity index (χ1v) is 9.85. The molecule has 7 heteroatoms. The van der Waals surface area contributed by atoms with E-state index in [0.29, 0.717) is 59.2 Å². The third-order valence-corrected chi connectivity index (χ3v) is 3.80. The van der Waals surface area contributed by atoms with Crippen molar-refractivity contribution in [2.24, 2.45) is 0 Å². The van der Waals surface area contributed by atoms with Crippen LogP contribution in [0.15, 0.2) is 0 Å². The van der Waals surface area contributed by atoms with Crippen LogP contribution in [0.2, 0.25) is 0 Å². The molecule has 156 valence electrons. The van der Waals surface area contributed by atoms with E-state index in [1.807, 2.05) is 14.0 Å². The molecule has 0 saturated carbocycles. The van der Waals surface area contributed by atoms with Gasteiger partial charge in [-0.2, -0.15) is 0 Å². The van der Waals surface area contributed by atoms with Crippen LogP contribution in [0.3, 0.4) is 0 Å². The van der Waals surface area contributed by atoms with Gasteiger partial charge in [-0.05, 0) is 26.4 Å². The van der Waals surface area contributed by atoms with Crippen LogP contribution >= 0.6 is 0 Å². The maximum Gasteiger partial charge on any atom is 0.222 e. The van der Waals surface area contributed by atoms with E-state index in [9.17, 15) is 4.79 Å². The second-order valence-corrected chi connectivity index (χ2v) is 6.32. The minimum absolute atomic E-state index is 0.168. The zero-order valence-electron chi connectivity index (χ0n) is 17.3. The average molecular weight is 377 g/mol. The summed E-state index contributed by atoms with van der Waals surface area (Å²) in [5, 5.41) is 0. The molecule has 0 aliphatic rings. The fourth-order valence-corrected chi connectivity index (χ4v) is 2.21. The number of nitrogens with zero attached hydrogens (tertiary/aromatic N) is 2. The summed E-state index contributed by atoms with van der Waals surface area (Å²) >= 11 is 0. The molecule has 0 saturated heterocycles. The largest absolute Gasteiger partial charge is 0.378 e. The number of hydrogen-bond donors (Lipinski definition) is 0. The van der Waals surface area contributed by atoms with Gasteiger partial charge >= 0.3 is 0 Å². The molecule has 0 aliphatic carbocycles. The van der Waals surface area contributed by atoms with Gasteiger partial charge in [0.15, 0.2) is 0 Å². The molecule has 26 heavy (non-hydrogen) atoms. The Bertz CT molecular complexity index is 318. The monoisotopic (exact) mass is 376 g/mol. The van der Waals surface area contributed by atoms with Crippen LogP contribution in [0.5, 0.6) is 0 Å². The third kappa shape index (κ3) is 16.7. The highest BCUT2D eigenvalue weighted by molar-refractivity contribution is 5.75. The summed E-state index contributed by atoms with van der Waals surface area (Å²) in [6.45, 7) is 11.5. The lowest BCUT2D eigenvalue weighted by molar-refractivity contribution is -0.130. The van der Waals surface area contributed by atoms with Crippen LogP contribution < -0.4 is 0 Å². The molecule has 0 rings (SSSR count). The van der Waals surface area contributed by atoms with Gasteiger partial charge in [-0.15, -0.1) is 0 Å². The average Bonchev–Trinajstić information content (AvgIpc) is 2.62. The number of carbonyl (C=O) groups is 1. The molecular weight excluding hydrogens is 336 g/mol. The highest BCUT2D eigenvalue weighted by Crippen LogP contribution is 1.94. The summed E-state index contributed by atoms with van der Waals surface area (Å²) in [7, 11) is 3.91. The number of ether oxygens (including phenoxy) is 4. The number of hydrogen-bond acceptors (Lipinski definition) is 6. The normalized spacial score (nSPS) is 11.3. The van der Waals surface area contributed by atoms with E-state index in [-0.39, 0.29) is 5.91 Å². The van der Waals surface area contributed by atoms with Gasteiger partial charge in [0.2, 0.25) is 5.91 Å². The molecule has 0 aromatic carbocycles. The van der Waals surface area contributed by atoms with Crippen molar-refractivity contribution in [3.05, 3.63) is 0 Å². The molecule has 0 fully saturated rings. The Kier molecular flexibility index (Phi) is 18.5. The van der Waals surface area contributed by atoms with Crippen molar-refractivity contribution in [3.8, 4) is 0 Å². The lowest BCUT2D eigenvalue weighted by Crippen LogP contribution is -2.30. The quantitative estimate of drug-likeness (QED) is 0.320. The Hall–Kier alpha value is -0.730. The third-order valence-electron chi connectivity index (χ3n) is 3.80. The van der Waals surface area contributed by atoms with Crippen LogP contribution in [0.4, 0.5) is 0 Å². The van der Waals surface area contributed by atoms with E-state index in [4.69, 9.17) is 18.9 Å². The highest BCUT2D eigenvalue weighted by atomic mass is 16.6. The van der Waals surface area contributed by atoms with E-state index in [0.717, 1.165) is 26.1 Å². The summed E-state index contributed by atoms with van der Waals surface area (Å²) in [6, 6.07) is 0. The lowest BCUT2D eigenvalue weighted by atomic mass is 10.3. The minimum Gasteiger partial charge on any atom is -0.378 e. The first-order chi connectivity index (χ1) is 12.6. The number of rotatable bonds is 19. The highest BCUT2D eigenvalue weighted by Gasteiger charge is 2.06. The van der Waals surface area contributed by atoms with Crippen LogP contribution in [0.1, 0.15) is 33.1 Å². The first-order valence-electron chi connectivity index (χ1n) is 9.85. The predicted molar refractivity (Wildman–Crippen MR) is 104 cm³/mol. The van der Waals surface area contributed by atoms with E-state index in [1.165, 1.54) is 6.42 Å². The van der Waals surface area contributed by atoms with Crippen molar-refractivity contribution in [2.75, 3.05) is 86.6 Å². The van der Waals surface area contributed by atoms with E-state index >= 15 is 0 Å². The molecule has 0 N–H and O–H groups in total. The Balaban J connectivity index is 3.19. The van der Waals surface area contributed by atoms with Gasteiger partial charge in [0.25, 0.3) is 0 Å². The van der Waals surface area contributed by atoms with E-state index in [1.54, 1.807) is 4.90 Å². The van der Waals surface area contributed by atoms with E-state index < -0.39 is 0 Å². The van der Waals surface area contributed by atoms with Crippen molar-refractivity contribution in [1.82, 2.24) is 9.80 Å². The van der Waals surface area contributed by atoms with E-state index in [2.05, 4.69) is 18.9 Å². The van der Waals surface area contributed by atoms with Crippen LogP contribution in [-0.4, -0.2) is 102 Å². The number of likely N-dealkylation sites (N-methyl/N-ethyl adjacent to an activating group) is 2. The van der Waals surface area contributed by atoms with Crippen molar-refractivity contribution in [1.29, 1.82) is 0 Å². The summed E-state index contributed by atoms with van der Waals surface area (Å²) in [5.41, 5.74) is 0. The van der Waals surface area contributed by atoms with Crippen molar-refractivity contribution in [3.63, 3.8) is 0 Å².